The number of carboxylic acids is 1. The van der Waals surface area contributed by atoms with Gasteiger partial charge in [-0.2, -0.15) is 0 Å². The van der Waals surface area contributed by atoms with Crippen LogP contribution in [0.5, 0.6) is 0 Å². The summed E-state index contributed by atoms with van der Waals surface area (Å²) in [6.07, 6.45) is 0. The van der Waals surface area contributed by atoms with Crippen molar-refractivity contribution in [3.05, 3.63) is 0 Å². The van der Waals surface area contributed by atoms with E-state index in [-0.39, 0.29) is 48.9 Å². The number of aliphatic carboxylic acids is 1. The van der Waals surface area contributed by atoms with E-state index in [1.807, 2.05) is 0 Å². The average molecular weight is 227 g/mol. The Morgan fingerprint density at radius 1 is 1.43 bits per heavy atom. The Bertz CT molecular complexity index is 76.2. The number of carboxylic acid groups (broad SMARTS) is 1. The number of Topliss-reactive ketones (excluding diaryl/α,β-unsaturated/α-hetero) is 1. The molecule has 0 aliphatic rings. The first kappa shape index (κ1) is 10.6. The molecule has 0 unspecified atom stereocenters. The van der Waals surface area contributed by atoms with Gasteiger partial charge in [-0.1, -0.05) is 0 Å². The zero-order valence-corrected chi connectivity index (χ0v) is 3.26. The molecule has 0 amide bonds. The molecule has 0 heterocycles. The van der Waals surface area contributed by atoms with E-state index in [0.29, 0.717) is 0 Å². The Kier molecular flexibility index (Phi) is 7.39. The second-order valence-corrected chi connectivity index (χ2v) is 0.861. The van der Waals surface area contributed by atoms with Gasteiger partial charge in [0, 0.05) is 6.92 Å². The van der Waals surface area contributed by atoms with Crippen molar-refractivity contribution in [2.24, 2.45) is 0 Å². The second kappa shape index (κ2) is 4.86. The van der Waals surface area contributed by atoms with Crippen molar-refractivity contribution in [2.45, 2.75) is 6.92 Å². The van der Waals surface area contributed by atoms with Crippen LogP contribution >= 0.6 is 0 Å². The summed E-state index contributed by atoms with van der Waals surface area (Å²) in [4.78, 5) is 18.9. The van der Waals surface area contributed by atoms with Crippen LogP contribution in [-0.4, -0.2) is 65.7 Å². The van der Waals surface area contributed by atoms with E-state index in [2.05, 4.69) is 0 Å². The summed E-state index contributed by atoms with van der Waals surface area (Å²) in [5.74, 6) is -2.20. The van der Waals surface area contributed by atoms with Gasteiger partial charge in [0.15, 0.2) is 0 Å². The van der Waals surface area contributed by atoms with E-state index in [1.54, 1.807) is 0 Å². The molecule has 0 fully saturated rings. The zero-order valence-electron chi connectivity index (χ0n) is 3.26. The van der Waals surface area contributed by atoms with Gasteiger partial charge in [-0.3, -0.25) is 4.79 Å². The van der Waals surface area contributed by atoms with Gasteiger partial charge >= 0.3 is 54.9 Å². The zero-order chi connectivity index (χ0) is 5.15. The summed E-state index contributed by atoms with van der Waals surface area (Å²) >= 11 is 0. The van der Waals surface area contributed by atoms with E-state index in [4.69, 9.17) is 5.11 Å². The van der Waals surface area contributed by atoms with E-state index in [1.165, 1.54) is 0 Å². The fraction of sp³-hybridized carbons (Fsp3) is 0.333. The molecule has 3 nitrogen and oxygen atoms in total. The summed E-state index contributed by atoms with van der Waals surface area (Å²) in [6, 6.07) is 0. The van der Waals surface area contributed by atoms with Crippen molar-refractivity contribution in [2.75, 3.05) is 0 Å². The molecule has 0 saturated heterocycles. The van der Waals surface area contributed by atoms with Crippen LogP contribution in [0.3, 0.4) is 0 Å². The number of rotatable bonds is 1. The predicted octanol–water partition coefficient (Wildman–Crippen LogP) is -1.26. The maximum absolute atomic E-state index is 9.54. The standard InChI is InChI=1S/C3H4O3.Ba.2H/c1-2(4)3(5)6;;;/h1H3,(H,5,6);;;. The van der Waals surface area contributed by atoms with Crippen LogP contribution in [-0.2, 0) is 9.59 Å². The van der Waals surface area contributed by atoms with E-state index in [9.17, 15) is 9.59 Å². The normalized spacial score (nSPS) is 6.43. The molecular weight excluding hydrogens is 221 g/mol. The van der Waals surface area contributed by atoms with Crippen LogP contribution in [0.4, 0.5) is 0 Å². The quantitative estimate of drug-likeness (QED) is 0.450. The topological polar surface area (TPSA) is 54.4 Å². The van der Waals surface area contributed by atoms with Crippen molar-refractivity contribution < 1.29 is 14.7 Å². The number of ketones is 1. The molecule has 7 heavy (non-hydrogen) atoms. The monoisotopic (exact) mass is 228 g/mol. The van der Waals surface area contributed by atoms with Gasteiger partial charge in [-0.25, -0.2) is 4.79 Å². The van der Waals surface area contributed by atoms with Gasteiger partial charge in [0.1, 0.15) is 0 Å². The van der Waals surface area contributed by atoms with E-state index < -0.39 is 11.8 Å². The van der Waals surface area contributed by atoms with Crippen molar-refractivity contribution in [3.8, 4) is 0 Å². The SMILES string of the molecule is CC(=O)C(=O)O.[BaH2]. The number of carbonyl (C=O) groups is 2. The summed E-state index contributed by atoms with van der Waals surface area (Å²) in [7, 11) is 0. The molecule has 0 radical (unpaired) electrons. The minimum atomic E-state index is -1.38. The second-order valence-electron chi connectivity index (χ2n) is 0.861. The first-order chi connectivity index (χ1) is 2.64. The van der Waals surface area contributed by atoms with Gasteiger partial charge in [-0.05, 0) is 0 Å². The van der Waals surface area contributed by atoms with Crippen molar-refractivity contribution in [3.63, 3.8) is 0 Å². The van der Waals surface area contributed by atoms with Crippen molar-refractivity contribution in [1.29, 1.82) is 0 Å². The summed E-state index contributed by atoms with van der Waals surface area (Å²) in [6.45, 7) is 1.00. The van der Waals surface area contributed by atoms with E-state index in [0.717, 1.165) is 6.92 Å². The van der Waals surface area contributed by atoms with Crippen molar-refractivity contribution >= 4 is 60.6 Å². The third-order valence-electron chi connectivity index (χ3n) is 0.301. The van der Waals surface area contributed by atoms with Crippen LogP contribution in [0.1, 0.15) is 6.92 Å². The molecule has 0 aromatic heterocycles. The minimum absolute atomic E-state index is 0. The van der Waals surface area contributed by atoms with Gasteiger partial charge in [0.2, 0.25) is 5.78 Å². The first-order valence-corrected chi connectivity index (χ1v) is 1.38. The van der Waals surface area contributed by atoms with Crippen LogP contribution in [0.2, 0.25) is 0 Å². The molecule has 0 aliphatic heterocycles. The van der Waals surface area contributed by atoms with Gasteiger partial charge in [-0.15, -0.1) is 0 Å². The third-order valence-corrected chi connectivity index (χ3v) is 0.301. The van der Waals surface area contributed by atoms with Gasteiger partial charge < -0.3 is 5.11 Å². The van der Waals surface area contributed by atoms with Crippen LogP contribution in [0.15, 0.2) is 0 Å². The molecule has 0 aliphatic carbocycles. The number of carbonyl (C=O) groups excluding carboxylic acids is 1. The Morgan fingerprint density at radius 2 is 1.57 bits per heavy atom. The molecule has 0 aromatic carbocycles. The average Bonchev–Trinajstić information content (AvgIpc) is 1.36. The Labute approximate surface area is 81.2 Å². The molecule has 0 aromatic rings. The van der Waals surface area contributed by atoms with E-state index >= 15 is 0 Å². The number of hydrogen-bond donors (Lipinski definition) is 1. The van der Waals surface area contributed by atoms with Gasteiger partial charge in [0.05, 0.1) is 0 Å². The summed E-state index contributed by atoms with van der Waals surface area (Å²) < 4.78 is 0. The molecule has 38 valence electrons. The molecule has 0 spiro atoms. The fourth-order valence-corrected chi connectivity index (χ4v) is 0. The van der Waals surface area contributed by atoms with Crippen LogP contribution < -0.4 is 0 Å². The Morgan fingerprint density at radius 3 is 1.57 bits per heavy atom. The predicted molar refractivity (Wildman–Crippen MR) is 26.9 cm³/mol. The molecule has 0 bridgehead atoms. The molecule has 0 saturated carbocycles. The molecular formula is C3H6BaO3. The van der Waals surface area contributed by atoms with Crippen molar-refractivity contribution in [1.82, 2.24) is 0 Å². The molecule has 0 rings (SSSR count). The first-order valence-electron chi connectivity index (χ1n) is 1.38. The Balaban J connectivity index is 0. The molecule has 1 N–H and O–H groups in total. The fourth-order valence-electron chi connectivity index (χ4n) is 0. The van der Waals surface area contributed by atoms with Gasteiger partial charge in [0.25, 0.3) is 0 Å². The van der Waals surface area contributed by atoms with Crippen LogP contribution in [0, 0.1) is 0 Å². The van der Waals surface area contributed by atoms with Crippen LogP contribution in [0.25, 0.3) is 0 Å². The maximum atomic E-state index is 9.54. The Hall–Kier alpha value is 0.711. The molecule has 0 atom stereocenters. The molecule has 4 heteroatoms. The summed E-state index contributed by atoms with van der Waals surface area (Å²) in [5, 5.41) is 7.64. The number of hydrogen-bond acceptors (Lipinski definition) is 2. The third kappa shape index (κ3) is 6.71. The summed E-state index contributed by atoms with van der Waals surface area (Å²) in [5.41, 5.74) is 0.